The van der Waals surface area contributed by atoms with E-state index >= 15 is 0 Å². The van der Waals surface area contributed by atoms with E-state index in [2.05, 4.69) is 44.3 Å². The number of nitrogens with one attached hydrogen (secondary N) is 1. The van der Waals surface area contributed by atoms with Crippen LogP contribution in [0.5, 0.6) is 0 Å². The van der Waals surface area contributed by atoms with E-state index < -0.39 is 17.8 Å². The van der Waals surface area contributed by atoms with Gasteiger partial charge in [-0.1, -0.05) is 49.8 Å². The van der Waals surface area contributed by atoms with E-state index in [4.69, 9.17) is 4.74 Å². The predicted molar refractivity (Wildman–Crippen MR) is 120 cm³/mol. The largest absolute Gasteiger partial charge is 0.444 e. The topological polar surface area (TPSA) is 58.6 Å². The Balaban J connectivity index is 1.97. The van der Waals surface area contributed by atoms with Crippen molar-refractivity contribution in [2.45, 2.75) is 78.9 Å². The van der Waals surface area contributed by atoms with Crippen molar-refractivity contribution in [3.05, 3.63) is 52.6 Å². The average molecular weight is 400 g/mol. The number of aliphatic hydroxyl groups excluding tert-OH is 1. The number of carbonyl (C=O) groups excluding carboxylic acids is 1. The molecule has 0 aromatic heterocycles. The molecule has 1 aromatic rings. The van der Waals surface area contributed by atoms with Gasteiger partial charge < -0.3 is 15.2 Å². The van der Waals surface area contributed by atoms with Crippen molar-refractivity contribution in [2.24, 2.45) is 5.41 Å². The monoisotopic (exact) mass is 399 g/mol. The normalized spacial score (nSPS) is 18.0. The van der Waals surface area contributed by atoms with Gasteiger partial charge in [0.25, 0.3) is 0 Å². The number of aliphatic hydroxyl groups is 1. The number of hydrogen-bond donors (Lipinski definition) is 2. The lowest BCUT2D eigenvalue weighted by atomic mass is 9.72. The van der Waals surface area contributed by atoms with Gasteiger partial charge in [0.15, 0.2) is 0 Å². The van der Waals surface area contributed by atoms with Crippen molar-refractivity contribution in [2.75, 3.05) is 6.54 Å². The molecule has 160 valence electrons. The van der Waals surface area contributed by atoms with Gasteiger partial charge in [-0.05, 0) is 81.6 Å². The standard InChI is InChI=1S/C25H37NO3/c1-18-9-8-15-25(5,6)21(18)13-12-19-10-7-11-20(17-19)22(27)14-16-26-23(28)29-24(2,3)4/h7,10-13,17,22,27H,8-9,14-16H2,1-6H3,(H,26,28). The number of benzene rings is 1. The molecule has 0 aliphatic heterocycles. The van der Waals surface area contributed by atoms with E-state index in [0.29, 0.717) is 13.0 Å². The highest BCUT2D eigenvalue weighted by molar-refractivity contribution is 5.67. The molecule has 0 saturated carbocycles. The maximum atomic E-state index is 11.7. The summed E-state index contributed by atoms with van der Waals surface area (Å²) < 4.78 is 5.21. The van der Waals surface area contributed by atoms with Crippen LogP contribution in [0.3, 0.4) is 0 Å². The van der Waals surface area contributed by atoms with Gasteiger partial charge in [0, 0.05) is 6.54 Å². The molecule has 1 aliphatic rings. The van der Waals surface area contributed by atoms with Crippen LogP contribution >= 0.6 is 0 Å². The number of rotatable bonds is 6. The van der Waals surface area contributed by atoms with Crippen LogP contribution in [0, 0.1) is 5.41 Å². The van der Waals surface area contributed by atoms with Crippen LogP contribution in [0.4, 0.5) is 4.79 Å². The molecular weight excluding hydrogens is 362 g/mol. The molecule has 1 aliphatic carbocycles. The third-order valence-electron chi connectivity index (χ3n) is 5.37. The Hall–Kier alpha value is -2.07. The molecule has 0 saturated heterocycles. The first-order valence-corrected chi connectivity index (χ1v) is 10.6. The van der Waals surface area contributed by atoms with E-state index in [0.717, 1.165) is 11.1 Å². The fraction of sp³-hybridized carbons (Fsp3) is 0.560. The molecular formula is C25H37NO3. The number of amides is 1. The predicted octanol–water partition coefficient (Wildman–Crippen LogP) is 6.17. The van der Waals surface area contributed by atoms with Gasteiger partial charge in [0.2, 0.25) is 0 Å². The van der Waals surface area contributed by atoms with Gasteiger partial charge in [0.05, 0.1) is 6.10 Å². The smallest absolute Gasteiger partial charge is 0.407 e. The molecule has 1 aromatic carbocycles. The maximum Gasteiger partial charge on any atom is 0.407 e. The zero-order valence-corrected chi connectivity index (χ0v) is 18.8. The van der Waals surface area contributed by atoms with Crippen molar-refractivity contribution in [3.8, 4) is 0 Å². The van der Waals surface area contributed by atoms with Gasteiger partial charge in [0.1, 0.15) is 5.60 Å². The van der Waals surface area contributed by atoms with Crippen LogP contribution in [0.2, 0.25) is 0 Å². The molecule has 4 nitrogen and oxygen atoms in total. The number of alkyl carbamates (subject to hydrolysis) is 1. The minimum absolute atomic E-state index is 0.212. The lowest BCUT2D eigenvalue weighted by Crippen LogP contribution is -2.33. The highest BCUT2D eigenvalue weighted by atomic mass is 16.6. The second-order valence-electron chi connectivity index (χ2n) is 9.67. The Kier molecular flexibility index (Phi) is 7.70. The van der Waals surface area contributed by atoms with Crippen LogP contribution in [0.1, 0.15) is 84.5 Å². The number of allylic oxidation sites excluding steroid dienone is 3. The zero-order chi connectivity index (χ0) is 21.7. The van der Waals surface area contributed by atoms with Gasteiger partial charge in [-0.15, -0.1) is 0 Å². The second kappa shape index (κ2) is 9.62. The van der Waals surface area contributed by atoms with E-state index in [1.807, 2.05) is 39.0 Å². The first-order valence-electron chi connectivity index (χ1n) is 10.6. The van der Waals surface area contributed by atoms with Crippen LogP contribution in [-0.2, 0) is 4.74 Å². The summed E-state index contributed by atoms with van der Waals surface area (Å²) in [5.74, 6) is 0. The Morgan fingerprint density at radius 1 is 1.31 bits per heavy atom. The maximum absolute atomic E-state index is 11.7. The lowest BCUT2D eigenvalue weighted by molar-refractivity contribution is 0.0518. The van der Waals surface area contributed by atoms with E-state index in [-0.39, 0.29) is 5.41 Å². The van der Waals surface area contributed by atoms with Crippen LogP contribution in [-0.4, -0.2) is 23.3 Å². The molecule has 0 bridgehead atoms. The van der Waals surface area contributed by atoms with Crippen molar-refractivity contribution in [3.63, 3.8) is 0 Å². The molecule has 4 heteroatoms. The molecule has 0 heterocycles. The van der Waals surface area contributed by atoms with Gasteiger partial charge in [-0.2, -0.15) is 0 Å². The molecule has 2 N–H and O–H groups in total. The minimum Gasteiger partial charge on any atom is -0.444 e. The highest BCUT2D eigenvalue weighted by Gasteiger charge is 2.26. The molecule has 1 atom stereocenters. The van der Waals surface area contributed by atoms with E-state index in [1.54, 1.807) is 0 Å². The number of carbonyl (C=O) groups is 1. The Bertz CT molecular complexity index is 769. The summed E-state index contributed by atoms with van der Waals surface area (Å²) in [4.78, 5) is 11.7. The first kappa shape index (κ1) is 23.2. The first-order chi connectivity index (χ1) is 13.5. The third kappa shape index (κ3) is 7.36. The Morgan fingerprint density at radius 2 is 2.03 bits per heavy atom. The summed E-state index contributed by atoms with van der Waals surface area (Å²) in [6.45, 7) is 12.7. The molecule has 1 unspecified atom stereocenters. The summed E-state index contributed by atoms with van der Waals surface area (Å²) in [5.41, 5.74) is 4.51. The lowest BCUT2D eigenvalue weighted by Gasteiger charge is -2.32. The molecule has 2 rings (SSSR count). The fourth-order valence-electron chi connectivity index (χ4n) is 3.85. The zero-order valence-electron chi connectivity index (χ0n) is 18.8. The number of hydrogen-bond acceptors (Lipinski definition) is 3. The van der Waals surface area contributed by atoms with Crippen molar-refractivity contribution < 1.29 is 14.6 Å². The van der Waals surface area contributed by atoms with Gasteiger partial charge in [-0.25, -0.2) is 4.79 Å². The highest BCUT2D eigenvalue weighted by Crippen LogP contribution is 2.41. The summed E-state index contributed by atoms with van der Waals surface area (Å²) in [6, 6.07) is 7.95. The fourth-order valence-corrected chi connectivity index (χ4v) is 3.85. The van der Waals surface area contributed by atoms with Crippen LogP contribution in [0.25, 0.3) is 6.08 Å². The van der Waals surface area contributed by atoms with Crippen molar-refractivity contribution in [1.29, 1.82) is 0 Å². The van der Waals surface area contributed by atoms with Gasteiger partial charge >= 0.3 is 6.09 Å². The summed E-state index contributed by atoms with van der Waals surface area (Å²) in [6.07, 6.45) is 7.37. The minimum atomic E-state index is -0.634. The summed E-state index contributed by atoms with van der Waals surface area (Å²) in [5, 5.41) is 13.2. The van der Waals surface area contributed by atoms with E-state index in [9.17, 15) is 9.90 Å². The van der Waals surface area contributed by atoms with Crippen LogP contribution < -0.4 is 5.32 Å². The van der Waals surface area contributed by atoms with Crippen molar-refractivity contribution in [1.82, 2.24) is 5.32 Å². The summed E-state index contributed by atoms with van der Waals surface area (Å²) in [7, 11) is 0. The average Bonchev–Trinajstić information content (AvgIpc) is 2.59. The van der Waals surface area contributed by atoms with E-state index in [1.165, 1.54) is 30.4 Å². The quantitative estimate of drug-likeness (QED) is 0.601. The summed E-state index contributed by atoms with van der Waals surface area (Å²) >= 11 is 0. The molecule has 0 radical (unpaired) electrons. The third-order valence-corrected chi connectivity index (χ3v) is 5.37. The Morgan fingerprint density at radius 3 is 2.69 bits per heavy atom. The molecule has 29 heavy (non-hydrogen) atoms. The second-order valence-corrected chi connectivity index (χ2v) is 9.67. The molecule has 0 spiro atoms. The molecule has 1 amide bonds. The SMILES string of the molecule is CC1=C(C=Cc2cccc(C(O)CCNC(=O)OC(C)(C)C)c2)C(C)(C)CCC1. The Labute approximate surface area is 176 Å². The number of ether oxygens (including phenoxy) is 1. The molecule has 0 fully saturated rings. The van der Waals surface area contributed by atoms with Gasteiger partial charge in [-0.3, -0.25) is 0 Å². The van der Waals surface area contributed by atoms with Crippen molar-refractivity contribution >= 4 is 12.2 Å². The van der Waals surface area contributed by atoms with Crippen LogP contribution in [0.15, 0.2) is 41.5 Å².